The molecule has 0 saturated carbocycles. The molecule has 2 aromatic rings. The van der Waals surface area contributed by atoms with Crippen LogP contribution in [0.5, 0.6) is 0 Å². The largest absolute Gasteiger partial charge is 0.452 e. The Hall–Kier alpha value is -2.28. The van der Waals surface area contributed by atoms with Crippen molar-refractivity contribution in [2.75, 3.05) is 17.2 Å². The van der Waals surface area contributed by atoms with Gasteiger partial charge in [-0.3, -0.25) is 14.7 Å². The maximum absolute atomic E-state index is 12.9. The van der Waals surface area contributed by atoms with Crippen molar-refractivity contribution >= 4 is 29.3 Å². The minimum Gasteiger partial charge on any atom is -0.452 e. The van der Waals surface area contributed by atoms with Crippen LogP contribution >= 0.6 is 11.8 Å². The molecule has 0 fully saturated rings. The molecule has 1 aromatic carbocycles. The van der Waals surface area contributed by atoms with Crippen LogP contribution in [-0.4, -0.2) is 40.5 Å². The van der Waals surface area contributed by atoms with Gasteiger partial charge in [-0.25, -0.2) is 0 Å². The van der Waals surface area contributed by atoms with Crippen molar-refractivity contribution in [2.45, 2.75) is 43.1 Å². The third-order valence-electron chi connectivity index (χ3n) is 4.97. The monoisotopic (exact) mass is 371 g/mol. The van der Waals surface area contributed by atoms with Gasteiger partial charge in [-0.15, -0.1) is 11.8 Å². The minimum atomic E-state index is -0.809. The van der Waals surface area contributed by atoms with Gasteiger partial charge in [0.1, 0.15) is 0 Å². The Balaban J connectivity index is 1.47. The number of aromatic nitrogens is 2. The molecule has 0 radical (unpaired) electrons. The summed E-state index contributed by atoms with van der Waals surface area (Å²) in [6.07, 6.45) is 3.43. The normalized spacial score (nSPS) is 20.0. The van der Waals surface area contributed by atoms with E-state index in [1.807, 2.05) is 24.3 Å². The second-order valence-electron chi connectivity index (χ2n) is 6.63. The molecule has 2 unspecified atom stereocenters. The third kappa shape index (κ3) is 3.11. The molecule has 6 nitrogen and oxygen atoms in total. The highest BCUT2D eigenvalue weighted by molar-refractivity contribution is 7.99. The summed E-state index contributed by atoms with van der Waals surface area (Å²) < 4.78 is 5.57. The van der Waals surface area contributed by atoms with Crippen LogP contribution in [0, 0.1) is 0 Å². The van der Waals surface area contributed by atoms with Crippen LogP contribution in [-0.2, 0) is 20.7 Å². The van der Waals surface area contributed by atoms with Gasteiger partial charge in [0.2, 0.25) is 0 Å². The number of nitrogens with zero attached hydrogens (tertiary/aromatic N) is 2. The van der Waals surface area contributed by atoms with Crippen molar-refractivity contribution in [1.82, 2.24) is 10.2 Å². The molecule has 1 aromatic heterocycles. The number of anilines is 1. The number of carbonyl (C=O) groups excluding carboxylic acids is 2. The van der Waals surface area contributed by atoms with Gasteiger partial charge < -0.3 is 9.64 Å². The number of benzene rings is 1. The molecule has 2 heterocycles. The first-order valence-electron chi connectivity index (χ1n) is 8.91. The van der Waals surface area contributed by atoms with Crippen molar-refractivity contribution in [3.63, 3.8) is 0 Å². The molecule has 1 N–H and O–H groups in total. The molecule has 1 amide bonds. The summed E-state index contributed by atoms with van der Waals surface area (Å²) in [6, 6.07) is 7.84. The van der Waals surface area contributed by atoms with Crippen molar-refractivity contribution in [1.29, 1.82) is 0 Å². The van der Waals surface area contributed by atoms with Crippen molar-refractivity contribution in [2.24, 2.45) is 0 Å². The number of hydrogen-bond donors (Lipinski definition) is 1. The van der Waals surface area contributed by atoms with Crippen LogP contribution in [0.2, 0.25) is 0 Å². The molecule has 4 rings (SSSR count). The van der Waals surface area contributed by atoms with Gasteiger partial charge in [-0.05, 0) is 38.3 Å². The van der Waals surface area contributed by atoms with E-state index in [2.05, 4.69) is 10.2 Å². The Morgan fingerprint density at radius 2 is 2.23 bits per heavy atom. The highest BCUT2D eigenvalue weighted by atomic mass is 32.2. The second kappa shape index (κ2) is 7.15. The average Bonchev–Trinajstić information content (AvgIpc) is 3.15. The van der Waals surface area contributed by atoms with E-state index in [0.29, 0.717) is 6.54 Å². The number of fused-ring (bicyclic) bond motifs is 2. The molecular weight excluding hydrogens is 350 g/mol. The lowest BCUT2D eigenvalue weighted by Crippen LogP contribution is -2.43. The summed E-state index contributed by atoms with van der Waals surface area (Å²) in [4.78, 5) is 28.4. The number of para-hydroxylation sites is 1. The van der Waals surface area contributed by atoms with E-state index in [9.17, 15) is 9.59 Å². The molecule has 0 saturated heterocycles. The number of thioether (sulfide) groups is 1. The molecule has 2 aliphatic rings. The lowest BCUT2D eigenvalue weighted by Gasteiger charge is -2.31. The number of rotatable bonds is 3. The van der Waals surface area contributed by atoms with E-state index in [-0.39, 0.29) is 17.8 Å². The Morgan fingerprint density at radius 3 is 3.12 bits per heavy atom. The van der Waals surface area contributed by atoms with Gasteiger partial charge in [-0.1, -0.05) is 12.1 Å². The molecule has 0 spiro atoms. The zero-order valence-corrected chi connectivity index (χ0v) is 15.4. The lowest BCUT2D eigenvalue weighted by atomic mass is 9.87. The minimum absolute atomic E-state index is 0.172. The number of aryl methyl sites for hydroxylation is 1. The Kier molecular flexibility index (Phi) is 4.72. The maximum Gasteiger partial charge on any atom is 0.314 e. The van der Waals surface area contributed by atoms with Gasteiger partial charge in [0, 0.05) is 28.5 Å². The fraction of sp³-hybridized carbons (Fsp3) is 0.421. The number of carbonyl (C=O) groups is 2. The van der Waals surface area contributed by atoms with Crippen LogP contribution in [0.25, 0.3) is 0 Å². The Morgan fingerprint density at radius 1 is 1.38 bits per heavy atom. The van der Waals surface area contributed by atoms with Gasteiger partial charge in [0.05, 0.1) is 17.8 Å². The number of ether oxygens (including phenoxy) is 1. The first-order valence-corrected chi connectivity index (χ1v) is 9.89. The van der Waals surface area contributed by atoms with E-state index in [0.717, 1.165) is 46.9 Å². The molecule has 7 heteroatoms. The standard InChI is InChI=1S/C19H21N3O3S/c1-12(18(23)22-9-10-26-17-8-3-2-7-16(17)22)25-19(24)13-5-4-6-15-14(13)11-20-21-15/h2-3,7-8,11-13H,4-6,9-10H2,1H3,(H,20,21). The zero-order chi connectivity index (χ0) is 18.1. The summed E-state index contributed by atoms with van der Waals surface area (Å²) in [5.74, 6) is -0.0103. The number of amides is 1. The number of nitrogens with one attached hydrogen (secondary N) is 1. The predicted molar refractivity (Wildman–Crippen MR) is 99.3 cm³/mol. The smallest absolute Gasteiger partial charge is 0.314 e. The first kappa shape index (κ1) is 17.1. The van der Waals surface area contributed by atoms with Crippen molar-refractivity contribution < 1.29 is 14.3 Å². The fourth-order valence-corrected chi connectivity index (χ4v) is 4.63. The van der Waals surface area contributed by atoms with E-state index in [1.54, 1.807) is 29.8 Å². The quantitative estimate of drug-likeness (QED) is 0.840. The number of esters is 1. The number of aromatic amines is 1. The van der Waals surface area contributed by atoms with Crippen LogP contribution < -0.4 is 4.90 Å². The first-order chi connectivity index (χ1) is 12.6. The summed E-state index contributed by atoms with van der Waals surface area (Å²) >= 11 is 1.74. The van der Waals surface area contributed by atoms with Crippen LogP contribution in [0.1, 0.15) is 36.9 Å². The summed E-state index contributed by atoms with van der Waals surface area (Å²) in [7, 11) is 0. The third-order valence-corrected chi connectivity index (χ3v) is 6.01. The molecule has 1 aliphatic heterocycles. The maximum atomic E-state index is 12.9. The number of hydrogen-bond acceptors (Lipinski definition) is 5. The fourth-order valence-electron chi connectivity index (χ4n) is 3.63. The van der Waals surface area contributed by atoms with E-state index in [1.165, 1.54) is 0 Å². The summed E-state index contributed by atoms with van der Waals surface area (Å²) in [6.45, 7) is 2.28. The molecule has 0 bridgehead atoms. The molecule has 2 atom stereocenters. The second-order valence-corrected chi connectivity index (χ2v) is 7.77. The van der Waals surface area contributed by atoms with E-state index < -0.39 is 6.10 Å². The van der Waals surface area contributed by atoms with Gasteiger partial charge in [-0.2, -0.15) is 5.10 Å². The van der Waals surface area contributed by atoms with E-state index in [4.69, 9.17) is 4.74 Å². The van der Waals surface area contributed by atoms with E-state index >= 15 is 0 Å². The predicted octanol–water partition coefficient (Wildman–Crippen LogP) is 2.90. The average molecular weight is 371 g/mol. The van der Waals surface area contributed by atoms with Crippen LogP contribution in [0.15, 0.2) is 35.4 Å². The van der Waals surface area contributed by atoms with Gasteiger partial charge in [0.15, 0.2) is 6.10 Å². The van der Waals surface area contributed by atoms with Crippen LogP contribution in [0.4, 0.5) is 5.69 Å². The van der Waals surface area contributed by atoms with Gasteiger partial charge in [0.25, 0.3) is 5.91 Å². The SMILES string of the molecule is CC(OC(=O)C1CCCc2[nH]ncc21)C(=O)N1CCSc2ccccc21. The number of H-pyrrole nitrogens is 1. The van der Waals surface area contributed by atoms with Crippen LogP contribution in [0.3, 0.4) is 0 Å². The van der Waals surface area contributed by atoms with Gasteiger partial charge >= 0.3 is 5.97 Å². The Labute approximate surface area is 156 Å². The lowest BCUT2D eigenvalue weighted by molar-refractivity contribution is -0.155. The van der Waals surface area contributed by atoms with Crippen molar-refractivity contribution in [3.05, 3.63) is 41.7 Å². The van der Waals surface area contributed by atoms with Crippen molar-refractivity contribution in [3.8, 4) is 0 Å². The molecule has 1 aliphatic carbocycles. The highest BCUT2D eigenvalue weighted by Crippen LogP contribution is 2.35. The Bertz CT molecular complexity index is 835. The zero-order valence-electron chi connectivity index (χ0n) is 14.6. The molecule has 26 heavy (non-hydrogen) atoms. The summed E-state index contributed by atoms with van der Waals surface area (Å²) in [5.41, 5.74) is 2.80. The highest BCUT2D eigenvalue weighted by Gasteiger charge is 2.33. The summed E-state index contributed by atoms with van der Waals surface area (Å²) in [5, 5.41) is 6.98. The molecular formula is C19H21N3O3S. The topological polar surface area (TPSA) is 75.3 Å². The molecule has 136 valence electrons.